The zero-order chi connectivity index (χ0) is 14.5. The minimum atomic E-state index is -0.156. The number of hydrogen-bond donors (Lipinski definition) is 2. The molecule has 0 saturated heterocycles. The van der Waals surface area contributed by atoms with Gasteiger partial charge in [-0.25, -0.2) is 0 Å². The SMILES string of the molecule is CC(C)c1ccc(C(CO)Nc2ccccc2Cl)cc1. The van der Waals surface area contributed by atoms with Crippen molar-refractivity contribution >= 4 is 17.3 Å². The maximum absolute atomic E-state index is 9.60. The summed E-state index contributed by atoms with van der Waals surface area (Å²) < 4.78 is 0. The molecule has 0 aliphatic rings. The van der Waals surface area contributed by atoms with Crippen LogP contribution in [0.5, 0.6) is 0 Å². The standard InChI is InChI=1S/C17H20ClNO/c1-12(2)13-7-9-14(10-8-13)17(11-20)19-16-6-4-3-5-15(16)18/h3-10,12,17,19-20H,11H2,1-2H3. The molecule has 1 atom stereocenters. The fourth-order valence-electron chi connectivity index (χ4n) is 2.11. The quantitative estimate of drug-likeness (QED) is 0.842. The smallest absolute Gasteiger partial charge is 0.0745 e. The summed E-state index contributed by atoms with van der Waals surface area (Å²) in [6.45, 7) is 4.35. The molecule has 0 aromatic heterocycles. The van der Waals surface area contributed by atoms with Crippen LogP contribution < -0.4 is 5.32 Å². The summed E-state index contributed by atoms with van der Waals surface area (Å²) in [6.07, 6.45) is 0. The second-order valence-electron chi connectivity index (χ2n) is 5.18. The summed E-state index contributed by atoms with van der Waals surface area (Å²) in [4.78, 5) is 0. The summed E-state index contributed by atoms with van der Waals surface area (Å²) in [5.41, 5.74) is 3.18. The Morgan fingerprint density at radius 1 is 1.00 bits per heavy atom. The van der Waals surface area contributed by atoms with E-state index in [9.17, 15) is 5.11 Å². The predicted molar refractivity (Wildman–Crippen MR) is 85.4 cm³/mol. The zero-order valence-corrected chi connectivity index (χ0v) is 12.6. The Balaban J connectivity index is 2.18. The summed E-state index contributed by atoms with van der Waals surface area (Å²) in [6, 6.07) is 15.7. The molecule has 0 spiro atoms. The lowest BCUT2D eigenvalue weighted by molar-refractivity contribution is 0.276. The molecule has 1 unspecified atom stereocenters. The van der Waals surface area contributed by atoms with E-state index in [-0.39, 0.29) is 12.6 Å². The maximum Gasteiger partial charge on any atom is 0.0745 e. The van der Waals surface area contributed by atoms with Crippen molar-refractivity contribution in [2.75, 3.05) is 11.9 Å². The number of hydrogen-bond acceptors (Lipinski definition) is 2. The number of para-hydroxylation sites is 1. The minimum Gasteiger partial charge on any atom is -0.394 e. The Labute approximate surface area is 125 Å². The van der Waals surface area contributed by atoms with E-state index in [0.717, 1.165) is 11.3 Å². The fourth-order valence-corrected chi connectivity index (χ4v) is 2.30. The highest BCUT2D eigenvalue weighted by molar-refractivity contribution is 6.33. The van der Waals surface area contributed by atoms with E-state index in [4.69, 9.17) is 11.6 Å². The lowest BCUT2D eigenvalue weighted by Crippen LogP contribution is -2.15. The van der Waals surface area contributed by atoms with E-state index in [0.29, 0.717) is 10.9 Å². The van der Waals surface area contributed by atoms with E-state index in [1.165, 1.54) is 5.56 Å². The first-order valence-corrected chi connectivity index (χ1v) is 7.21. The van der Waals surface area contributed by atoms with Gasteiger partial charge in [0.05, 0.1) is 23.4 Å². The van der Waals surface area contributed by atoms with Gasteiger partial charge in [0.15, 0.2) is 0 Å². The van der Waals surface area contributed by atoms with Gasteiger partial charge >= 0.3 is 0 Å². The molecule has 2 aromatic carbocycles. The van der Waals surface area contributed by atoms with Gasteiger partial charge in [0, 0.05) is 0 Å². The van der Waals surface area contributed by atoms with E-state index < -0.39 is 0 Å². The van der Waals surface area contributed by atoms with Crippen molar-refractivity contribution in [1.29, 1.82) is 0 Å². The van der Waals surface area contributed by atoms with Gasteiger partial charge < -0.3 is 10.4 Å². The van der Waals surface area contributed by atoms with Crippen LogP contribution in [0.25, 0.3) is 0 Å². The summed E-state index contributed by atoms with van der Waals surface area (Å²) in [5, 5.41) is 13.5. The Bertz CT molecular complexity index is 551. The molecule has 2 nitrogen and oxygen atoms in total. The van der Waals surface area contributed by atoms with Crippen molar-refractivity contribution in [3.8, 4) is 0 Å². The lowest BCUT2D eigenvalue weighted by Gasteiger charge is -2.19. The minimum absolute atomic E-state index is 0.0201. The molecule has 20 heavy (non-hydrogen) atoms. The first-order valence-electron chi connectivity index (χ1n) is 6.83. The lowest BCUT2D eigenvalue weighted by atomic mass is 9.99. The van der Waals surface area contributed by atoms with Crippen LogP contribution in [0.1, 0.15) is 36.9 Å². The molecule has 2 N–H and O–H groups in total. The van der Waals surface area contributed by atoms with Crippen LogP contribution in [0, 0.1) is 0 Å². The van der Waals surface area contributed by atoms with Crippen molar-refractivity contribution in [1.82, 2.24) is 0 Å². The van der Waals surface area contributed by atoms with Gasteiger partial charge in [-0.3, -0.25) is 0 Å². The third-order valence-corrected chi connectivity index (χ3v) is 3.72. The number of nitrogens with one attached hydrogen (secondary N) is 1. The third-order valence-electron chi connectivity index (χ3n) is 3.39. The fraction of sp³-hybridized carbons (Fsp3) is 0.294. The number of benzene rings is 2. The summed E-state index contributed by atoms with van der Waals surface area (Å²) in [7, 11) is 0. The zero-order valence-electron chi connectivity index (χ0n) is 11.8. The van der Waals surface area contributed by atoms with E-state index in [1.807, 2.05) is 24.3 Å². The highest BCUT2D eigenvalue weighted by Gasteiger charge is 2.12. The molecular formula is C17H20ClNO. The van der Waals surface area contributed by atoms with Crippen LogP contribution in [0.2, 0.25) is 5.02 Å². The molecule has 0 fully saturated rings. The molecule has 2 rings (SSSR count). The van der Waals surface area contributed by atoms with Gasteiger partial charge in [-0.1, -0.05) is 61.8 Å². The summed E-state index contributed by atoms with van der Waals surface area (Å²) >= 11 is 6.14. The van der Waals surface area contributed by atoms with Crippen LogP contribution in [0.15, 0.2) is 48.5 Å². The number of aliphatic hydroxyl groups excluding tert-OH is 1. The van der Waals surface area contributed by atoms with Crippen LogP contribution in [0.3, 0.4) is 0 Å². The first-order chi connectivity index (χ1) is 9.61. The third kappa shape index (κ3) is 3.53. The van der Waals surface area contributed by atoms with Gasteiger partial charge in [-0.15, -0.1) is 0 Å². The molecular weight excluding hydrogens is 270 g/mol. The van der Waals surface area contributed by atoms with E-state index in [2.05, 4.69) is 43.4 Å². The van der Waals surface area contributed by atoms with Crippen LogP contribution >= 0.6 is 11.6 Å². The van der Waals surface area contributed by atoms with E-state index >= 15 is 0 Å². The van der Waals surface area contributed by atoms with Crippen LogP contribution in [0.4, 0.5) is 5.69 Å². The highest BCUT2D eigenvalue weighted by atomic mass is 35.5. The number of anilines is 1. The largest absolute Gasteiger partial charge is 0.394 e. The van der Waals surface area contributed by atoms with Crippen LogP contribution in [-0.4, -0.2) is 11.7 Å². The van der Waals surface area contributed by atoms with Gasteiger partial charge in [-0.05, 0) is 29.2 Å². The molecule has 0 bridgehead atoms. The van der Waals surface area contributed by atoms with Gasteiger partial charge in [0.1, 0.15) is 0 Å². The first kappa shape index (κ1) is 14.9. The molecule has 0 heterocycles. The maximum atomic E-state index is 9.60. The molecule has 0 aliphatic carbocycles. The average molecular weight is 290 g/mol. The average Bonchev–Trinajstić information content (AvgIpc) is 2.46. The van der Waals surface area contributed by atoms with Crippen molar-refractivity contribution < 1.29 is 5.11 Å². The van der Waals surface area contributed by atoms with Gasteiger partial charge in [0.25, 0.3) is 0 Å². The Morgan fingerprint density at radius 3 is 2.15 bits per heavy atom. The second kappa shape index (κ2) is 6.78. The van der Waals surface area contributed by atoms with Crippen LogP contribution in [-0.2, 0) is 0 Å². The molecule has 0 radical (unpaired) electrons. The van der Waals surface area contributed by atoms with Crippen molar-refractivity contribution in [3.05, 3.63) is 64.7 Å². The van der Waals surface area contributed by atoms with Gasteiger partial charge in [-0.2, -0.15) is 0 Å². The molecule has 2 aromatic rings. The molecule has 0 aliphatic heterocycles. The molecule has 3 heteroatoms. The monoisotopic (exact) mass is 289 g/mol. The van der Waals surface area contributed by atoms with Crippen molar-refractivity contribution in [2.24, 2.45) is 0 Å². The van der Waals surface area contributed by atoms with Crippen molar-refractivity contribution in [3.63, 3.8) is 0 Å². The number of halogens is 1. The number of aliphatic hydroxyl groups is 1. The topological polar surface area (TPSA) is 32.3 Å². The Morgan fingerprint density at radius 2 is 1.60 bits per heavy atom. The second-order valence-corrected chi connectivity index (χ2v) is 5.59. The molecule has 0 amide bonds. The number of rotatable bonds is 5. The van der Waals surface area contributed by atoms with Gasteiger partial charge in [0.2, 0.25) is 0 Å². The summed E-state index contributed by atoms with van der Waals surface area (Å²) in [5.74, 6) is 0.508. The highest BCUT2D eigenvalue weighted by Crippen LogP contribution is 2.26. The molecule has 0 saturated carbocycles. The predicted octanol–water partition coefficient (Wildman–Crippen LogP) is 4.61. The molecule has 106 valence electrons. The van der Waals surface area contributed by atoms with E-state index in [1.54, 1.807) is 0 Å². The normalized spacial score (nSPS) is 12.4. The Kier molecular flexibility index (Phi) is 5.05. The van der Waals surface area contributed by atoms with Crippen molar-refractivity contribution in [2.45, 2.75) is 25.8 Å². The Hall–Kier alpha value is -1.51.